The first kappa shape index (κ1) is 16.7. The summed E-state index contributed by atoms with van der Waals surface area (Å²) in [6.07, 6.45) is 2.76. The van der Waals surface area contributed by atoms with Gasteiger partial charge in [0.15, 0.2) is 0 Å². The van der Waals surface area contributed by atoms with E-state index in [0.29, 0.717) is 57.3 Å². The normalized spacial score (nSPS) is 21.0. The largest absolute Gasteiger partial charge is 0.472 e. The second kappa shape index (κ2) is 7.61. The van der Waals surface area contributed by atoms with Crippen molar-refractivity contribution in [2.24, 2.45) is 0 Å². The van der Waals surface area contributed by atoms with Gasteiger partial charge in [0.2, 0.25) is 11.8 Å². The van der Waals surface area contributed by atoms with Gasteiger partial charge in [0, 0.05) is 38.7 Å². The Labute approximate surface area is 141 Å². The SMILES string of the molecule is CCC(=O)N1CCC(Oc2ncccc2C(=O)N2CCOCC2)C1. The zero-order valence-corrected chi connectivity index (χ0v) is 13.9. The van der Waals surface area contributed by atoms with Gasteiger partial charge in [-0.15, -0.1) is 0 Å². The molecule has 2 saturated heterocycles. The predicted molar refractivity (Wildman–Crippen MR) is 86.9 cm³/mol. The summed E-state index contributed by atoms with van der Waals surface area (Å²) in [5, 5.41) is 0. The van der Waals surface area contributed by atoms with Crippen LogP contribution in [-0.2, 0) is 9.53 Å². The van der Waals surface area contributed by atoms with E-state index in [1.807, 2.05) is 6.92 Å². The van der Waals surface area contributed by atoms with Gasteiger partial charge in [-0.05, 0) is 12.1 Å². The molecule has 1 unspecified atom stereocenters. The number of hydrogen-bond donors (Lipinski definition) is 0. The van der Waals surface area contributed by atoms with E-state index in [2.05, 4.69) is 4.98 Å². The maximum absolute atomic E-state index is 12.7. The molecule has 7 heteroatoms. The van der Waals surface area contributed by atoms with Crippen molar-refractivity contribution in [3.05, 3.63) is 23.9 Å². The number of nitrogens with zero attached hydrogens (tertiary/aromatic N) is 3. The van der Waals surface area contributed by atoms with Crippen molar-refractivity contribution in [1.82, 2.24) is 14.8 Å². The Hall–Kier alpha value is -2.15. The van der Waals surface area contributed by atoms with Crippen LogP contribution in [0.4, 0.5) is 0 Å². The fraction of sp³-hybridized carbons (Fsp3) is 0.588. The minimum atomic E-state index is -0.119. The van der Waals surface area contributed by atoms with Gasteiger partial charge in [-0.2, -0.15) is 0 Å². The monoisotopic (exact) mass is 333 g/mol. The van der Waals surface area contributed by atoms with Crippen molar-refractivity contribution >= 4 is 11.8 Å². The lowest BCUT2D eigenvalue weighted by atomic mass is 10.2. The highest BCUT2D eigenvalue weighted by Gasteiger charge is 2.29. The summed E-state index contributed by atoms with van der Waals surface area (Å²) in [4.78, 5) is 32.3. The van der Waals surface area contributed by atoms with Crippen LogP contribution in [-0.4, -0.2) is 72.1 Å². The lowest BCUT2D eigenvalue weighted by molar-refractivity contribution is -0.130. The quantitative estimate of drug-likeness (QED) is 0.820. The molecular weight excluding hydrogens is 310 g/mol. The Balaban J connectivity index is 1.68. The molecule has 24 heavy (non-hydrogen) atoms. The van der Waals surface area contributed by atoms with Crippen molar-refractivity contribution in [3.8, 4) is 5.88 Å². The first-order valence-electron chi connectivity index (χ1n) is 8.45. The molecule has 2 aliphatic rings. The molecule has 1 aromatic rings. The minimum Gasteiger partial charge on any atom is -0.472 e. The standard InChI is InChI=1S/C17H23N3O4/c1-2-15(21)20-7-5-13(12-20)24-16-14(4-3-6-18-16)17(22)19-8-10-23-11-9-19/h3-4,6,13H,2,5,7-12H2,1H3. The first-order chi connectivity index (χ1) is 11.7. The molecule has 2 fully saturated rings. The van der Waals surface area contributed by atoms with Gasteiger partial charge in [0.1, 0.15) is 11.7 Å². The smallest absolute Gasteiger partial charge is 0.259 e. The minimum absolute atomic E-state index is 0.0825. The van der Waals surface area contributed by atoms with E-state index >= 15 is 0 Å². The van der Waals surface area contributed by atoms with Crippen molar-refractivity contribution in [2.75, 3.05) is 39.4 Å². The molecule has 0 radical (unpaired) electrons. The summed E-state index contributed by atoms with van der Waals surface area (Å²) in [7, 11) is 0. The van der Waals surface area contributed by atoms with Crippen LogP contribution in [0, 0.1) is 0 Å². The van der Waals surface area contributed by atoms with E-state index in [0.717, 1.165) is 6.42 Å². The summed E-state index contributed by atoms with van der Waals surface area (Å²) in [5.74, 6) is 0.400. The summed E-state index contributed by atoms with van der Waals surface area (Å²) >= 11 is 0. The molecule has 3 heterocycles. The summed E-state index contributed by atoms with van der Waals surface area (Å²) in [6.45, 7) is 5.36. The molecule has 0 N–H and O–H groups in total. The van der Waals surface area contributed by atoms with E-state index in [1.165, 1.54) is 0 Å². The predicted octanol–water partition coefficient (Wildman–Crippen LogP) is 0.944. The van der Waals surface area contributed by atoms with Crippen LogP contribution in [0.15, 0.2) is 18.3 Å². The zero-order valence-electron chi connectivity index (χ0n) is 13.9. The fourth-order valence-corrected chi connectivity index (χ4v) is 3.02. The van der Waals surface area contributed by atoms with E-state index in [9.17, 15) is 9.59 Å². The third-order valence-corrected chi connectivity index (χ3v) is 4.38. The fourth-order valence-electron chi connectivity index (χ4n) is 3.02. The number of amides is 2. The second-order valence-corrected chi connectivity index (χ2v) is 5.98. The van der Waals surface area contributed by atoms with Crippen LogP contribution in [0.5, 0.6) is 5.88 Å². The van der Waals surface area contributed by atoms with Gasteiger partial charge in [0.25, 0.3) is 5.91 Å². The highest BCUT2D eigenvalue weighted by Crippen LogP contribution is 2.22. The number of carbonyl (C=O) groups excluding carboxylic acids is 2. The summed E-state index contributed by atoms with van der Waals surface area (Å²) in [5.41, 5.74) is 0.472. The molecule has 2 amide bonds. The molecule has 0 spiro atoms. The average Bonchev–Trinajstić information content (AvgIpc) is 3.10. The van der Waals surface area contributed by atoms with Crippen LogP contribution in [0.3, 0.4) is 0 Å². The number of ether oxygens (including phenoxy) is 2. The number of rotatable bonds is 4. The van der Waals surface area contributed by atoms with Crippen molar-refractivity contribution in [2.45, 2.75) is 25.9 Å². The van der Waals surface area contributed by atoms with Gasteiger partial charge in [0.05, 0.1) is 19.8 Å². The number of pyridine rings is 1. The Morgan fingerprint density at radius 1 is 1.29 bits per heavy atom. The molecule has 3 rings (SSSR count). The Kier molecular flexibility index (Phi) is 5.30. The molecule has 1 aromatic heterocycles. The van der Waals surface area contributed by atoms with E-state index in [1.54, 1.807) is 28.1 Å². The number of hydrogen-bond acceptors (Lipinski definition) is 5. The van der Waals surface area contributed by atoms with Gasteiger partial charge >= 0.3 is 0 Å². The number of morpholine rings is 1. The van der Waals surface area contributed by atoms with Gasteiger partial charge in [-0.3, -0.25) is 9.59 Å². The third-order valence-electron chi connectivity index (χ3n) is 4.38. The third kappa shape index (κ3) is 3.67. The van der Waals surface area contributed by atoms with Crippen LogP contribution < -0.4 is 4.74 Å². The second-order valence-electron chi connectivity index (χ2n) is 5.98. The molecule has 0 aliphatic carbocycles. The van der Waals surface area contributed by atoms with Crippen molar-refractivity contribution in [3.63, 3.8) is 0 Å². The highest BCUT2D eigenvalue weighted by molar-refractivity contribution is 5.96. The maximum Gasteiger partial charge on any atom is 0.259 e. The molecule has 130 valence electrons. The van der Waals surface area contributed by atoms with Crippen LogP contribution in [0.2, 0.25) is 0 Å². The summed E-state index contributed by atoms with van der Waals surface area (Å²) < 4.78 is 11.2. The molecule has 0 bridgehead atoms. The molecule has 2 aliphatic heterocycles. The number of aromatic nitrogens is 1. The van der Waals surface area contributed by atoms with Gasteiger partial charge in [-0.1, -0.05) is 6.92 Å². The lowest BCUT2D eigenvalue weighted by Crippen LogP contribution is -2.41. The molecule has 1 atom stereocenters. The van der Waals surface area contributed by atoms with Crippen molar-refractivity contribution < 1.29 is 19.1 Å². The molecule has 0 saturated carbocycles. The van der Waals surface area contributed by atoms with E-state index in [4.69, 9.17) is 9.47 Å². The molecule has 0 aromatic carbocycles. The number of likely N-dealkylation sites (tertiary alicyclic amines) is 1. The first-order valence-corrected chi connectivity index (χ1v) is 8.45. The van der Waals surface area contributed by atoms with Gasteiger partial charge < -0.3 is 19.3 Å². The lowest BCUT2D eigenvalue weighted by Gasteiger charge is -2.27. The molecular formula is C17H23N3O4. The van der Waals surface area contributed by atoms with Crippen LogP contribution >= 0.6 is 0 Å². The van der Waals surface area contributed by atoms with E-state index in [-0.39, 0.29) is 17.9 Å². The number of carbonyl (C=O) groups is 2. The Morgan fingerprint density at radius 2 is 2.08 bits per heavy atom. The zero-order chi connectivity index (χ0) is 16.9. The van der Waals surface area contributed by atoms with Gasteiger partial charge in [-0.25, -0.2) is 4.98 Å². The molecule has 7 nitrogen and oxygen atoms in total. The van der Waals surface area contributed by atoms with E-state index < -0.39 is 0 Å². The highest BCUT2D eigenvalue weighted by atomic mass is 16.5. The van der Waals surface area contributed by atoms with Crippen molar-refractivity contribution in [1.29, 1.82) is 0 Å². The summed E-state index contributed by atoms with van der Waals surface area (Å²) in [6, 6.07) is 3.48. The van der Waals surface area contributed by atoms with Crippen LogP contribution in [0.1, 0.15) is 30.1 Å². The Morgan fingerprint density at radius 3 is 2.83 bits per heavy atom. The average molecular weight is 333 g/mol. The Bertz CT molecular complexity index is 601. The topological polar surface area (TPSA) is 72.0 Å². The maximum atomic E-state index is 12.7. The van der Waals surface area contributed by atoms with Crippen LogP contribution in [0.25, 0.3) is 0 Å².